The number of oxime groups is 1. The van der Waals surface area contributed by atoms with E-state index in [4.69, 9.17) is 33.7 Å². The molecule has 0 saturated heterocycles. The number of aryl methyl sites for hydroxylation is 1. The van der Waals surface area contributed by atoms with E-state index in [0.717, 1.165) is 35.4 Å². The molecule has 396 valence electrons. The lowest BCUT2D eigenvalue weighted by atomic mass is 9.55. The van der Waals surface area contributed by atoms with Gasteiger partial charge < -0.3 is 43.6 Å². The minimum absolute atomic E-state index is 0.0173. The van der Waals surface area contributed by atoms with Crippen LogP contribution in [0.1, 0.15) is 84.5 Å². The van der Waals surface area contributed by atoms with Gasteiger partial charge in [-0.15, -0.1) is 6.58 Å². The quantitative estimate of drug-likeness (QED) is 0.0193. The van der Waals surface area contributed by atoms with Crippen molar-refractivity contribution in [2.24, 2.45) is 22.9 Å². The van der Waals surface area contributed by atoms with E-state index in [1.165, 1.54) is 30.3 Å². The number of aliphatic hydroxyl groups is 2. The van der Waals surface area contributed by atoms with E-state index < -0.39 is 33.5 Å². The van der Waals surface area contributed by atoms with Crippen LogP contribution >= 0.6 is 0 Å². The first-order valence-corrected chi connectivity index (χ1v) is 25.6. The van der Waals surface area contributed by atoms with Crippen molar-refractivity contribution in [3.05, 3.63) is 187 Å². The fourth-order valence-electron chi connectivity index (χ4n) is 11.0. The maximum Gasteiger partial charge on any atom is 0.269 e. The molecule has 4 aromatic carbocycles. The number of carbonyl (C=O) groups excluding carboxylic acids is 1. The van der Waals surface area contributed by atoms with Gasteiger partial charge in [-0.05, 0) is 140 Å². The van der Waals surface area contributed by atoms with Gasteiger partial charge in [-0.2, -0.15) is 0 Å². The van der Waals surface area contributed by atoms with Crippen molar-refractivity contribution in [1.82, 2.24) is 9.88 Å². The Bertz CT molecular complexity index is 3000. The van der Waals surface area contributed by atoms with Crippen LogP contribution in [0.25, 0.3) is 6.08 Å². The number of ether oxygens (including phenoxy) is 5. The van der Waals surface area contributed by atoms with Gasteiger partial charge in [0.05, 0.1) is 33.8 Å². The molecule has 4 aliphatic rings. The van der Waals surface area contributed by atoms with Crippen molar-refractivity contribution >= 4 is 29.1 Å². The number of hydrogen-bond acceptors (Lipinski definition) is 15. The summed E-state index contributed by atoms with van der Waals surface area (Å²) in [7, 11) is 0. The number of nitrogens with zero attached hydrogens (tertiary/aromatic N) is 5. The molecule has 9 rings (SSSR count). The summed E-state index contributed by atoms with van der Waals surface area (Å²) >= 11 is 0. The molecule has 2 aliphatic heterocycles. The minimum Gasteiger partial charge on any atom is -0.487 e. The molecule has 3 heterocycles. The van der Waals surface area contributed by atoms with Crippen LogP contribution in [0.2, 0.25) is 0 Å². The molecule has 1 fully saturated rings. The van der Waals surface area contributed by atoms with Gasteiger partial charge in [-0.3, -0.25) is 30.0 Å². The number of carbonyl (C=O) groups is 1. The van der Waals surface area contributed by atoms with Crippen molar-refractivity contribution in [2.45, 2.75) is 89.4 Å². The van der Waals surface area contributed by atoms with Gasteiger partial charge in [0, 0.05) is 73.7 Å². The number of rotatable bonds is 24. The van der Waals surface area contributed by atoms with Crippen LogP contribution in [0, 0.1) is 44.9 Å². The molecule has 18 heteroatoms. The zero-order valence-electron chi connectivity index (χ0n) is 42.2. The van der Waals surface area contributed by atoms with Crippen LogP contribution in [0.5, 0.6) is 23.0 Å². The molecule has 1 saturated carbocycles. The van der Waals surface area contributed by atoms with Gasteiger partial charge in [0.15, 0.2) is 11.5 Å². The number of pyridine rings is 1. The molecule has 5 aromatic rings. The predicted octanol–water partition coefficient (Wildman–Crippen LogP) is 10.1. The van der Waals surface area contributed by atoms with E-state index in [1.54, 1.807) is 47.4 Å². The Balaban J connectivity index is 1.23. The molecular weight excluding hydrogens is 975 g/mol. The largest absolute Gasteiger partial charge is 0.487 e. The number of benzene rings is 4. The number of nitro groups is 2. The van der Waals surface area contributed by atoms with Crippen molar-refractivity contribution in [3.63, 3.8) is 0 Å². The van der Waals surface area contributed by atoms with Gasteiger partial charge in [0.2, 0.25) is 18.5 Å². The summed E-state index contributed by atoms with van der Waals surface area (Å²) in [5.74, 6) is -1.01. The van der Waals surface area contributed by atoms with Crippen LogP contribution in [0.4, 0.5) is 11.4 Å². The lowest BCUT2D eigenvalue weighted by Gasteiger charge is -2.60. The number of nitro benzene ring substituents is 2. The Kier molecular flexibility index (Phi) is 16.8. The van der Waals surface area contributed by atoms with Gasteiger partial charge >= 0.3 is 0 Å². The maximum atomic E-state index is 15.4. The first-order chi connectivity index (χ1) is 37.0. The molecule has 76 heavy (non-hydrogen) atoms. The Morgan fingerprint density at radius 3 is 2.30 bits per heavy atom. The smallest absolute Gasteiger partial charge is 0.269 e. The van der Waals surface area contributed by atoms with Crippen LogP contribution in [-0.4, -0.2) is 80.0 Å². The number of unbranched alkanes of at least 4 members (excludes halogenated alkanes) is 2. The molecule has 0 spiro atoms. The van der Waals surface area contributed by atoms with E-state index >= 15 is 4.79 Å². The normalized spacial score (nSPS) is 21.5. The zero-order valence-corrected chi connectivity index (χ0v) is 42.2. The number of hydrogen-bond donors (Lipinski definition) is 2. The van der Waals surface area contributed by atoms with Crippen molar-refractivity contribution < 1.29 is 53.4 Å². The summed E-state index contributed by atoms with van der Waals surface area (Å²) in [4.78, 5) is 50.1. The molecule has 0 bridgehead atoms. The third-order valence-corrected chi connectivity index (χ3v) is 14.5. The fraction of sp³-hybridized carbons (Fsp3) is 0.362. The zero-order chi connectivity index (χ0) is 53.2. The number of aromatic nitrogens is 1. The number of amides is 1. The summed E-state index contributed by atoms with van der Waals surface area (Å²) < 4.78 is 32.7. The predicted molar refractivity (Wildman–Crippen MR) is 281 cm³/mol. The number of aliphatic hydroxyl groups excluding tert-OH is 2. The molecule has 1 aromatic heterocycles. The molecule has 0 radical (unpaired) electrons. The SMILES string of the molecule is C=CCO[C@@]12Oc3ccc(OCc4cccc(C)n4)cc3[C@H]3[C@H](CCCCO)[C@@H](CCCCO)C=C(C(=NOCc4ccc([N+](=O)[O-])cc4)C[C@@H]1N(Cc1ccc4c(c1)OCO4)C(=O)C=Cc1ccc([N+](=O)[O-])cc1)[C@H]32. The van der Waals surface area contributed by atoms with E-state index in [1.807, 2.05) is 55.5 Å². The Morgan fingerprint density at radius 2 is 1.58 bits per heavy atom. The van der Waals surface area contributed by atoms with Crippen molar-refractivity contribution in [2.75, 3.05) is 26.6 Å². The van der Waals surface area contributed by atoms with Crippen molar-refractivity contribution in [3.8, 4) is 23.0 Å². The lowest BCUT2D eigenvalue weighted by molar-refractivity contribution is -0.385. The topological polar surface area (TPSA) is 228 Å². The lowest BCUT2D eigenvalue weighted by Crippen LogP contribution is -2.70. The van der Waals surface area contributed by atoms with Crippen LogP contribution in [-0.2, 0) is 34.1 Å². The van der Waals surface area contributed by atoms with Gasteiger partial charge in [-0.25, -0.2) is 0 Å². The molecule has 1 amide bonds. The monoisotopic (exact) mass is 1040 g/mol. The second-order valence-electron chi connectivity index (χ2n) is 19.4. The summed E-state index contributed by atoms with van der Waals surface area (Å²) in [6, 6.07) is 28.0. The van der Waals surface area contributed by atoms with Gasteiger partial charge in [-0.1, -0.05) is 42.3 Å². The Labute approximate surface area is 440 Å². The van der Waals surface area contributed by atoms with Crippen LogP contribution < -0.4 is 18.9 Å². The van der Waals surface area contributed by atoms with E-state index in [0.29, 0.717) is 71.1 Å². The van der Waals surface area contributed by atoms with Crippen LogP contribution in [0.3, 0.4) is 0 Å². The first-order valence-electron chi connectivity index (χ1n) is 25.6. The Hall–Kier alpha value is -7.93. The number of allylic oxidation sites excluding steroid dienone is 1. The van der Waals surface area contributed by atoms with Crippen molar-refractivity contribution in [1.29, 1.82) is 0 Å². The third-order valence-electron chi connectivity index (χ3n) is 14.5. The number of non-ortho nitro benzene ring substituents is 2. The maximum absolute atomic E-state index is 15.4. The molecule has 18 nitrogen and oxygen atoms in total. The molecular formula is C58H61N5O13. The highest BCUT2D eigenvalue weighted by Gasteiger charge is 2.65. The Morgan fingerprint density at radius 1 is 0.868 bits per heavy atom. The standard InChI is InChI=1S/C58H61N5O13/c1-3-29-74-58-54(61(34-41-17-24-52-53(30-41)73-37-72-52)55(66)26-18-39-13-19-44(20-14-39)62(67)68)33-50(60-75-35-40-15-21-45(22-16-40)63(69)70)48-31-42(10-4-6-27-64)47(12-5-7-28-65)56(57(48)58)49-32-46(23-25-51(49)76-58)71-36-43-11-8-9-38(2)59-43/h3,8-9,11,13-26,30-32,42,47,54,56-57,64-65H,1,4-7,10,12,27-29,33-37H2,2H3/t42-,47+,54-,56+,57+,58+/m0/s1. The summed E-state index contributed by atoms with van der Waals surface area (Å²) in [6.45, 7) is 6.32. The molecule has 2 aliphatic carbocycles. The minimum atomic E-state index is -1.62. The molecule has 0 unspecified atom stereocenters. The second kappa shape index (κ2) is 24.2. The van der Waals surface area contributed by atoms with E-state index in [9.17, 15) is 30.4 Å². The fourth-order valence-corrected chi connectivity index (χ4v) is 11.0. The first kappa shape index (κ1) is 52.9. The third kappa shape index (κ3) is 11.8. The summed E-state index contributed by atoms with van der Waals surface area (Å²) in [5.41, 5.74) is 5.59. The number of fused-ring (bicyclic) bond motifs is 3. The average molecular weight is 1040 g/mol. The average Bonchev–Trinajstić information content (AvgIpc) is 3.93. The van der Waals surface area contributed by atoms with Gasteiger partial charge in [0.25, 0.3) is 11.4 Å². The highest BCUT2D eigenvalue weighted by molar-refractivity contribution is 6.03. The highest BCUT2D eigenvalue weighted by Crippen LogP contribution is 2.62. The van der Waals surface area contributed by atoms with E-state index in [2.05, 4.69) is 17.6 Å². The summed E-state index contributed by atoms with van der Waals surface area (Å²) in [5, 5.41) is 48.2. The molecule has 6 atom stereocenters. The highest BCUT2D eigenvalue weighted by atomic mass is 16.7. The van der Waals surface area contributed by atoms with Gasteiger partial charge in [0.1, 0.15) is 30.8 Å². The van der Waals surface area contributed by atoms with Crippen LogP contribution in [0.15, 0.2) is 139 Å². The van der Waals surface area contributed by atoms with E-state index in [-0.39, 0.29) is 81.9 Å². The summed E-state index contributed by atoms with van der Waals surface area (Å²) in [6.07, 6.45) is 11.0. The second-order valence-corrected chi connectivity index (χ2v) is 19.4. The molecule has 2 N–H and O–H groups in total.